The van der Waals surface area contributed by atoms with Gasteiger partial charge < -0.3 is 4.42 Å². The monoisotopic (exact) mass is 435 g/mol. The van der Waals surface area contributed by atoms with Gasteiger partial charge in [-0.1, -0.05) is 45.0 Å². The van der Waals surface area contributed by atoms with E-state index in [0.29, 0.717) is 22.6 Å². The summed E-state index contributed by atoms with van der Waals surface area (Å²) in [6.07, 6.45) is 2.86. The second-order valence-corrected chi connectivity index (χ2v) is 9.00. The summed E-state index contributed by atoms with van der Waals surface area (Å²) in [5.74, 6) is 1.48. The van der Waals surface area contributed by atoms with Gasteiger partial charge >= 0.3 is 0 Å². The van der Waals surface area contributed by atoms with Crippen LogP contribution in [0.5, 0.6) is 0 Å². The summed E-state index contributed by atoms with van der Waals surface area (Å²) in [6, 6.07) is 15.1. The molecule has 4 aromatic rings. The Balaban J connectivity index is 1.69. The highest BCUT2D eigenvalue weighted by Gasteiger charge is 2.19. The van der Waals surface area contributed by atoms with E-state index in [1.54, 1.807) is 12.3 Å². The molecule has 0 amide bonds. The first-order valence-electron chi connectivity index (χ1n) is 9.66. The molecule has 0 saturated heterocycles. The molecule has 0 radical (unpaired) electrons. The van der Waals surface area contributed by atoms with Crippen molar-refractivity contribution in [3.63, 3.8) is 0 Å². The topological polar surface area (TPSA) is 99.9 Å². The van der Waals surface area contributed by atoms with E-state index in [-0.39, 0.29) is 11.1 Å². The average Bonchev–Trinajstić information content (AvgIpc) is 3.39. The maximum absolute atomic E-state index is 10.9. The van der Waals surface area contributed by atoms with Crippen molar-refractivity contribution in [3.8, 4) is 11.4 Å². The molecule has 158 valence electrons. The standard InChI is InChI=1S/C22H21N5O3S/c1-22(2,3)16-8-6-15(7-9-16)20-24-25-21(26(20)14-18-5-4-12-30-18)31-19-11-10-17(13-23-19)27(28)29/h4-13H,14H2,1-3H3. The molecule has 8 nitrogen and oxygen atoms in total. The predicted octanol–water partition coefficient (Wildman–Crippen LogP) is 5.34. The Morgan fingerprint density at radius 1 is 1.10 bits per heavy atom. The quantitative estimate of drug-likeness (QED) is 0.298. The van der Waals surface area contributed by atoms with E-state index in [1.807, 2.05) is 28.8 Å². The van der Waals surface area contributed by atoms with Crippen LogP contribution in [0.1, 0.15) is 32.1 Å². The zero-order chi connectivity index (χ0) is 22.0. The fourth-order valence-electron chi connectivity index (χ4n) is 3.03. The number of rotatable bonds is 6. The number of hydrogen-bond donors (Lipinski definition) is 0. The van der Waals surface area contributed by atoms with Crippen LogP contribution in [-0.2, 0) is 12.0 Å². The lowest BCUT2D eigenvalue weighted by atomic mass is 9.87. The molecule has 4 rings (SSSR count). The Hall–Kier alpha value is -3.46. The molecule has 0 aliphatic carbocycles. The molecular weight excluding hydrogens is 414 g/mol. The Kier molecular flexibility index (Phi) is 5.60. The number of benzene rings is 1. The SMILES string of the molecule is CC(C)(C)c1ccc(-c2nnc(Sc3ccc([N+](=O)[O-])cn3)n2Cc2ccco2)cc1. The number of hydrogen-bond acceptors (Lipinski definition) is 7. The molecule has 0 N–H and O–H groups in total. The summed E-state index contributed by atoms with van der Waals surface area (Å²) < 4.78 is 7.49. The molecule has 1 aromatic carbocycles. The number of pyridine rings is 1. The zero-order valence-electron chi connectivity index (χ0n) is 17.3. The summed E-state index contributed by atoms with van der Waals surface area (Å²) in [7, 11) is 0. The van der Waals surface area contributed by atoms with E-state index in [4.69, 9.17) is 4.42 Å². The molecule has 0 spiro atoms. The molecule has 3 heterocycles. The fraction of sp³-hybridized carbons (Fsp3) is 0.227. The van der Waals surface area contributed by atoms with Gasteiger partial charge in [-0.2, -0.15) is 0 Å². The summed E-state index contributed by atoms with van der Waals surface area (Å²) in [5, 5.41) is 20.9. The zero-order valence-corrected chi connectivity index (χ0v) is 18.2. The fourth-order valence-corrected chi connectivity index (χ4v) is 3.80. The Bertz CT molecular complexity index is 1180. The van der Waals surface area contributed by atoms with Gasteiger partial charge in [-0.25, -0.2) is 4.98 Å². The predicted molar refractivity (Wildman–Crippen MR) is 117 cm³/mol. The molecule has 0 fully saturated rings. The molecule has 0 saturated carbocycles. The lowest BCUT2D eigenvalue weighted by molar-refractivity contribution is -0.385. The van der Waals surface area contributed by atoms with Gasteiger partial charge in [-0.3, -0.25) is 14.7 Å². The van der Waals surface area contributed by atoms with Crippen LogP contribution < -0.4 is 0 Å². The minimum Gasteiger partial charge on any atom is -0.467 e. The molecule has 0 atom stereocenters. The highest BCUT2D eigenvalue weighted by Crippen LogP contribution is 2.31. The molecule has 0 aliphatic rings. The third kappa shape index (κ3) is 4.66. The van der Waals surface area contributed by atoms with Gasteiger partial charge in [0.1, 0.15) is 17.0 Å². The van der Waals surface area contributed by atoms with E-state index < -0.39 is 4.92 Å². The van der Waals surface area contributed by atoms with Crippen molar-refractivity contribution in [2.75, 3.05) is 0 Å². The van der Waals surface area contributed by atoms with Gasteiger partial charge in [0.25, 0.3) is 5.69 Å². The van der Waals surface area contributed by atoms with Gasteiger partial charge in [0.2, 0.25) is 0 Å². The number of nitrogens with zero attached hydrogens (tertiary/aromatic N) is 5. The van der Waals surface area contributed by atoms with Crippen molar-refractivity contribution >= 4 is 17.4 Å². The second kappa shape index (κ2) is 8.35. The van der Waals surface area contributed by atoms with Crippen molar-refractivity contribution in [3.05, 3.63) is 82.4 Å². The second-order valence-electron chi connectivity index (χ2n) is 8.01. The number of aromatic nitrogens is 4. The first kappa shape index (κ1) is 20.8. The molecule has 0 unspecified atom stereocenters. The van der Waals surface area contributed by atoms with Crippen LogP contribution in [0.15, 0.2) is 75.6 Å². The third-order valence-corrected chi connectivity index (χ3v) is 5.68. The van der Waals surface area contributed by atoms with Crippen LogP contribution in [0, 0.1) is 10.1 Å². The van der Waals surface area contributed by atoms with Crippen molar-refractivity contribution in [2.45, 2.75) is 42.9 Å². The maximum Gasteiger partial charge on any atom is 0.287 e. The number of furan rings is 1. The minimum atomic E-state index is -0.472. The van der Waals surface area contributed by atoms with Crippen LogP contribution >= 0.6 is 11.8 Å². The van der Waals surface area contributed by atoms with Crippen LogP contribution in [0.2, 0.25) is 0 Å². The van der Waals surface area contributed by atoms with Gasteiger partial charge in [-0.15, -0.1) is 10.2 Å². The molecule has 31 heavy (non-hydrogen) atoms. The molecule has 9 heteroatoms. The van der Waals surface area contributed by atoms with E-state index in [1.165, 1.54) is 29.6 Å². The van der Waals surface area contributed by atoms with Crippen molar-refractivity contribution in [2.24, 2.45) is 0 Å². The molecule has 3 aromatic heterocycles. The van der Waals surface area contributed by atoms with Crippen LogP contribution in [0.3, 0.4) is 0 Å². The van der Waals surface area contributed by atoms with Crippen LogP contribution in [0.4, 0.5) is 5.69 Å². The van der Waals surface area contributed by atoms with E-state index in [0.717, 1.165) is 11.3 Å². The van der Waals surface area contributed by atoms with Crippen molar-refractivity contribution in [1.29, 1.82) is 0 Å². The van der Waals surface area contributed by atoms with E-state index in [2.05, 4.69) is 48.1 Å². The summed E-state index contributed by atoms with van der Waals surface area (Å²) in [5.41, 5.74) is 2.18. The third-order valence-electron chi connectivity index (χ3n) is 4.75. The first-order valence-corrected chi connectivity index (χ1v) is 10.5. The Morgan fingerprint density at radius 3 is 2.45 bits per heavy atom. The maximum atomic E-state index is 10.9. The van der Waals surface area contributed by atoms with Gasteiger partial charge in [0.15, 0.2) is 11.0 Å². The van der Waals surface area contributed by atoms with Gasteiger partial charge in [0, 0.05) is 11.6 Å². The van der Waals surface area contributed by atoms with Crippen molar-refractivity contribution in [1.82, 2.24) is 19.7 Å². The van der Waals surface area contributed by atoms with Crippen LogP contribution in [0.25, 0.3) is 11.4 Å². The van der Waals surface area contributed by atoms with E-state index >= 15 is 0 Å². The van der Waals surface area contributed by atoms with Crippen LogP contribution in [-0.4, -0.2) is 24.7 Å². The molecule has 0 bridgehead atoms. The Labute approximate surface area is 183 Å². The minimum absolute atomic E-state index is 0.0546. The summed E-state index contributed by atoms with van der Waals surface area (Å²) in [4.78, 5) is 14.6. The molecule has 0 aliphatic heterocycles. The largest absolute Gasteiger partial charge is 0.467 e. The smallest absolute Gasteiger partial charge is 0.287 e. The highest BCUT2D eigenvalue weighted by atomic mass is 32.2. The van der Waals surface area contributed by atoms with Gasteiger partial charge in [0.05, 0.1) is 17.7 Å². The van der Waals surface area contributed by atoms with Gasteiger partial charge in [-0.05, 0) is 40.9 Å². The normalized spacial score (nSPS) is 11.6. The average molecular weight is 436 g/mol. The van der Waals surface area contributed by atoms with E-state index in [9.17, 15) is 10.1 Å². The first-order chi connectivity index (χ1) is 14.8. The lowest BCUT2D eigenvalue weighted by Crippen LogP contribution is -2.10. The Morgan fingerprint density at radius 2 is 1.87 bits per heavy atom. The highest BCUT2D eigenvalue weighted by molar-refractivity contribution is 7.99. The molecular formula is C22H21N5O3S. The number of nitro groups is 1. The lowest BCUT2D eigenvalue weighted by Gasteiger charge is -2.19. The summed E-state index contributed by atoms with van der Waals surface area (Å²) >= 11 is 1.29. The summed E-state index contributed by atoms with van der Waals surface area (Å²) in [6.45, 7) is 6.97. The van der Waals surface area contributed by atoms with Crippen molar-refractivity contribution < 1.29 is 9.34 Å².